The van der Waals surface area contributed by atoms with Gasteiger partial charge in [-0.3, -0.25) is 0 Å². The Morgan fingerprint density at radius 1 is 1.05 bits per heavy atom. The number of rotatable bonds is 4. The van der Waals surface area contributed by atoms with Crippen molar-refractivity contribution in [2.75, 3.05) is 7.05 Å². The zero-order valence-corrected chi connectivity index (χ0v) is 13.4. The summed E-state index contributed by atoms with van der Waals surface area (Å²) in [6.07, 6.45) is 0. The van der Waals surface area contributed by atoms with E-state index in [1.165, 1.54) is 6.07 Å². The first-order valence-corrected chi connectivity index (χ1v) is 7.24. The molecule has 0 fully saturated rings. The molecule has 0 aliphatic heterocycles. The molecule has 0 aliphatic carbocycles. The van der Waals surface area contributed by atoms with Gasteiger partial charge in [-0.1, -0.05) is 31.9 Å². The van der Waals surface area contributed by atoms with E-state index in [1.54, 1.807) is 12.1 Å². The summed E-state index contributed by atoms with van der Waals surface area (Å²) in [6, 6.07) is 10.2. The summed E-state index contributed by atoms with van der Waals surface area (Å²) in [6.45, 7) is 0.643. The number of hydrogen-bond donors (Lipinski definition) is 1. The average Bonchev–Trinajstić information content (AvgIpc) is 2.37. The van der Waals surface area contributed by atoms with Gasteiger partial charge in [-0.15, -0.1) is 0 Å². The summed E-state index contributed by atoms with van der Waals surface area (Å²) in [5.74, 6) is 0.449. The minimum Gasteiger partial charge on any atom is -0.454 e. The number of ether oxygens (including phenoxy) is 1. The van der Waals surface area contributed by atoms with Crippen LogP contribution in [-0.2, 0) is 6.54 Å². The number of hydrogen-bond acceptors (Lipinski definition) is 2. The number of benzene rings is 2. The van der Waals surface area contributed by atoms with Crippen molar-refractivity contribution >= 4 is 31.9 Å². The van der Waals surface area contributed by atoms with Crippen molar-refractivity contribution in [1.82, 2.24) is 5.32 Å². The zero-order valence-electron chi connectivity index (χ0n) is 10.2. The molecule has 2 nitrogen and oxygen atoms in total. The molecule has 0 radical (unpaired) electrons. The van der Waals surface area contributed by atoms with Crippen LogP contribution >= 0.6 is 31.9 Å². The molecule has 2 rings (SSSR count). The molecule has 0 heterocycles. The van der Waals surface area contributed by atoms with E-state index >= 15 is 0 Å². The Kier molecular flexibility index (Phi) is 4.96. The van der Waals surface area contributed by atoms with Crippen LogP contribution in [0.4, 0.5) is 4.39 Å². The van der Waals surface area contributed by atoms with E-state index in [2.05, 4.69) is 37.2 Å². The molecule has 0 spiro atoms. The Bertz CT molecular complexity index is 590. The summed E-state index contributed by atoms with van der Waals surface area (Å²) in [5, 5.41) is 3.06. The highest BCUT2D eigenvalue weighted by atomic mass is 79.9. The maximum atomic E-state index is 13.7. The van der Waals surface area contributed by atoms with Crippen LogP contribution in [0.5, 0.6) is 11.5 Å². The Balaban J connectivity index is 2.34. The number of nitrogens with one attached hydrogen (secondary N) is 1. The number of halogens is 3. The molecule has 5 heteroatoms. The van der Waals surface area contributed by atoms with Gasteiger partial charge in [-0.05, 0) is 43.4 Å². The van der Waals surface area contributed by atoms with Crippen LogP contribution in [0.3, 0.4) is 0 Å². The topological polar surface area (TPSA) is 21.3 Å². The van der Waals surface area contributed by atoms with Gasteiger partial charge >= 0.3 is 0 Å². The summed E-state index contributed by atoms with van der Waals surface area (Å²) in [7, 11) is 1.85. The van der Waals surface area contributed by atoms with Gasteiger partial charge in [0, 0.05) is 21.1 Å². The molecule has 0 bridgehead atoms. The molecular formula is C14H12Br2FNO. The fourth-order valence-electron chi connectivity index (χ4n) is 1.65. The first-order valence-electron chi connectivity index (χ1n) is 5.66. The molecule has 0 atom stereocenters. The third-order valence-corrected chi connectivity index (χ3v) is 3.49. The molecule has 0 saturated carbocycles. The molecule has 2 aromatic rings. The van der Waals surface area contributed by atoms with E-state index < -0.39 is 0 Å². The second-order valence-electron chi connectivity index (χ2n) is 3.96. The van der Waals surface area contributed by atoms with Gasteiger partial charge in [0.1, 0.15) is 5.75 Å². The van der Waals surface area contributed by atoms with Crippen molar-refractivity contribution in [2.24, 2.45) is 0 Å². The van der Waals surface area contributed by atoms with E-state index in [-0.39, 0.29) is 11.6 Å². The van der Waals surface area contributed by atoms with Crippen molar-refractivity contribution in [3.63, 3.8) is 0 Å². The smallest absolute Gasteiger partial charge is 0.165 e. The lowest BCUT2D eigenvalue weighted by molar-refractivity contribution is 0.436. The monoisotopic (exact) mass is 387 g/mol. The fourth-order valence-corrected chi connectivity index (χ4v) is 2.40. The summed E-state index contributed by atoms with van der Waals surface area (Å²) >= 11 is 6.72. The lowest BCUT2D eigenvalue weighted by Gasteiger charge is -2.12. The van der Waals surface area contributed by atoms with E-state index in [9.17, 15) is 4.39 Å². The van der Waals surface area contributed by atoms with E-state index in [0.717, 1.165) is 14.5 Å². The van der Waals surface area contributed by atoms with Crippen LogP contribution in [0.15, 0.2) is 45.3 Å². The van der Waals surface area contributed by atoms with Gasteiger partial charge in [0.05, 0.1) is 0 Å². The second kappa shape index (κ2) is 6.50. The van der Waals surface area contributed by atoms with Crippen molar-refractivity contribution in [1.29, 1.82) is 0 Å². The van der Waals surface area contributed by atoms with E-state index in [0.29, 0.717) is 12.3 Å². The highest BCUT2D eigenvalue weighted by Crippen LogP contribution is 2.31. The molecular weight excluding hydrogens is 377 g/mol. The zero-order chi connectivity index (χ0) is 13.8. The summed E-state index contributed by atoms with van der Waals surface area (Å²) < 4.78 is 21.1. The normalized spacial score (nSPS) is 10.5. The fraction of sp³-hybridized carbons (Fsp3) is 0.143. The maximum absolute atomic E-state index is 13.7. The van der Waals surface area contributed by atoms with Crippen LogP contribution in [0.25, 0.3) is 0 Å². The minimum absolute atomic E-state index is 0.203. The Morgan fingerprint density at radius 3 is 2.47 bits per heavy atom. The van der Waals surface area contributed by atoms with Crippen molar-refractivity contribution in [3.05, 3.63) is 56.7 Å². The van der Waals surface area contributed by atoms with Crippen LogP contribution < -0.4 is 10.1 Å². The third kappa shape index (κ3) is 3.78. The largest absolute Gasteiger partial charge is 0.454 e. The van der Waals surface area contributed by atoms with Crippen molar-refractivity contribution in [2.45, 2.75) is 6.54 Å². The molecule has 0 amide bonds. The van der Waals surface area contributed by atoms with Gasteiger partial charge in [0.2, 0.25) is 0 Å². The molecule has 0 saturated heterocycles. The molecule has 19 heavy (non-hydrogen) atoms. The Labute approximate surface area is 128 Å². The average molecular weight is 389 g/mol. The van der Waals surface area contributed by atoms with Gasteiger partial charge in [-0.2, -0.15) is 0 Å². The highest BCUT2D eigenvalue weighted by molar-refractivity contribution is 9.10. The SMILES string of the molecule is CNCc1cc(Br)ccc1Oc1cc(Br)ccc1F. The second-order valence-corrected chi connectivity index (χ2v) is 5.79. The van der Waals surface area contributed by atoms with Crippen molar-refractivity contribution in [3.8, 4) is 11.5 Å². The quantitative estimate of drug-likeness (QED) is 0.807. The lowest BCUT2D eigenvalue weighted by atomic mass is 10.2. The van der Waals surface area contributed by atoms with Crippen LogP contribution in [0, 0.1) is 5.82 Å². The Morgan fingerprint density at radius 2 is 1.74 bits per heavy atom. The van der Waals surface area contributed by atoms with Crippen LogP contribution in [-0.4, -0.2) is 7.05 Å². The van der Waals surface area contributed by atoms with E-state index in [1.807, 2.05) is 25.2 Å². The summed E-state index contributed by atoms with van der Waals surface area (Å²) in [4.78, 5) is 0. The first-order chi connectivity index (χ1) is 9.10. The predicted molar refractivity (Wildman–Crippen MR) is 81.1 cm³/mol. The third-order valence-electron chi connectivity index (χ3n) is 2.50. The first kappa shape index (κ1) is 14.5. The molecule has 2 aromatic carbocycles. The van der Waals surface area contributed by atoms with Gasteiger partial charge in [0.15, 0.2) is 11.6 Å². The standard InChI is InChI=1S/C14H12Br2FNO/c1-18-8-9-6-10(15)3-5-13(9)19-14-7-11(16)2-4-12(14)17/h2-7,18H,8H2,1H3. The lowest BCUT2D eigenvalue weighted by Crippen LogP contribution is -2.06. The minimum atomic E-state index is -0.387. The van der Waals surface area contributed by atoms with Gasteiger partial charge in [-0.25, -0.2) is 4.39 Å². The molecule has 0 aromatic heterocycles. The van der Waals surface area contributed by atoms with Gasteiger partial charge in [0.25, 0.3) is 0 Å². The van der Waals surface area contributed by atoms with Crippen molar-refractivity contribution < 1.29 is 9.13 Å². The predicted octanol–water partition coefficient (Wildman–Crippen LogP) is 4.86. The molecule has 0 aliphatic rings. The highest BCUT2D eigenvalue weighted by Gasteiger charge is 2.09. The molecule has 0 unspecified atom stereocenters. The summed E-state index contributed by atoms with van der Waals surface area (Å²) in [5.41, 5.74) is 0.955. The van der Waals surface area contributed by atoms with Gasteiger partial charge < -0.3 is 10.1 Å². The maximum Gasteiger partial charge on any atom is 0.165 e. The van der Waals surface area contributed by atoms with Crippen LogP contribution in [0.1, 0.15) is 5.56 Å². The van der Waals surface area contributed by atoms with E-state index in [4.69, 9.17) is 4.74 Å². The Hall–Kier alpha value is -0.910. The molecule has 1 N–H and O–H groups in total. The molecule has 100 valence electrons. The van der Waals surface area contributed by atoms with Crippen LogP contribution in [0.2, 0.25) is 0 Å².